The summed E-state index contributed by atoms with van der Waals surface area (Å²) in [5.74, 6) is 0.679. The van der Waals surface area contributed by atoms with Gasteiger partial charge in [-0.15, -0.1) is 24.0 Å². The Morgan fingerprint density at radius 2 is 1.87 bits per heavy atom. The van der Waals surface area contributed by atoms with Gasteiger partial charge >= 0.3 is 0 Å². The number of guanidine groups is 1. The summed E-state index contributed by atoms with van der Waals surface area (Å²) in [4.78, 5) is 37.3. The van der Waals surface area contributed by atoms with Crippen LogP contribution in [0, 0.1) is 5.41 Å². The zero-order valence-corrected chi connectivity index (χ0v) is 21.5. The lowest BCUT2D eigenvalue weighted by Crippen LogP contribution is -2.49. The molecule has 31 heavy (non-hydrogen) atoms. The van der Waals surface area contributed by atoms with E-state index in [4.69, 9.17) is 0 Å². The van der Waals surface area contributed by atoms with Crippen molar-refractivity contribution in [1.82, 2.24) is 25.4 Å². The predicted octanol–water partition coefficient (Wildman–Crippen LogP) is 1.90. The first-order valence-corrected chi connectivity index (χ1v) is 10.8. The number of carbonyl (C=O) groups excluding carboxylic acids is 2. The number of hydrogen-bond acceptors (Lipinski definition) is 4. The van der Waals surface area contributed by atoms with Crippen LogP contribution < -0.4 is 10.6 Å². The maximum atomic E-state index is 12.7. The van der Waals surface area contributed by atoms with Crippen molar-refractivity contribution in [2.45, 2.75) is 39.0 Å². The Morgan fingerprint density at radius 3 is 2.45 bits per heavy atom. The average Bonchev–Trinajstić information content (AvgIpc) is 3.23. The molecule has 1 saturated carbocycles. The fourth-order valence-electron chi connectivity index (χ4n) is 3.81. The van der Waals surface area contributed by atoms with Crippen molar-refractivity contribution in [3.63, 3.8) is 0 Å². The molecule has 1 aliphatic rings. The summed E-state index contributed by atoms with van der Waals surface area (Å²) in [5, 5.41) is 6.48. The minimum atomic E-state index is -0.386. The maximum absolute atomic E-state index is 12.7. The molecule has 1 aliphatic carbocycles. The van der Waals surface area contributed by atoms with Gasteiger partial charge in [0, 0.05) is 59.1 Å². The van der Waals surface area contributed by atoms with E-state index in [0.717, 1.165) is 31.4 Å². The Balaban J connectivity index is 0.00000480. The Labute approximate surface area is 203 Å². The summed E-state index contributed by atoms with van der Waals surface area (Å²) in [5.41, 5.74) is 0.575. The van der Waals surface area contributed by atoms with Crippen LogP contribution in [-0.4, -0.2) is 79.9 Å². The van der Waals surface area contributed by atoms with E-state index in [-0.39, 0.29) is 47.8 Å². The van der Waals surface area contributed by atoms with Crippen molar-refractivity contribution in [2.75, 3.05) is 47.3 Å². The van der Waals surface area contributed by atoms with Crippen LogP contribution in [0.15, 0.2) is 29.4 Å². The van der Waals surface area contributed by atoms with Gasteiger partial charge in [-0.25, -0.2) is 4.99 Å². The van der Waals surface area contributed by atoms with Gasteiger partial charge < -0.3 is 20.4 Å². The number of aliphatic imine (C=N–C) groups is 1. The molecule has 0 bridgehead atoms. The Bertz CT molecular complexity index is 720. The summed E-state index contributed by atoms with van der Waals surface area (Å²) in [7, 11) is 5.40. The molecule has 2 N–H and O–H groups in total. The van der Waals surface area contributed by atoms with Gasteiger partial charge in [0.1, 0.15) is 6.54 Å². The van der Waals surface area contributed by atoms with Gasteiger partial charge in [0.2, 0.25) is 11.8 Å². The first-order chi connectivity index (χ1) is 14.4. The van der Waals surface area contributed by atoms with Crippen LogP contribution in [0.3, 0.4) is 0 Å². The summed E-state index contributed by atoms with van der Waals surface area (Å²) >= 11 is 0. The van der Waals surface area contributed by atoms with E-state index in [9.17, 15) is 9.59 Å². The molecule has 0 saturated heterocycles. The third-order valence-electron chi connectivity index (χ3n) is 5.59. The first kappa shape index (κ1) is 27.1. The van der Waals surface area contributed by atoms with E-state index in [1.165, 1.54) is 0 Å². The number of aromatic nitrogens is 1. The minimum Gasteiger partial charge on any atom is -0.357 e. The second kappa shape index (κ2) is 13.5. The molecule has 2 rings (SSSR count). The lowest BCUT2D eigenvalue weighted by atomic mass is 9.84. The third-order valence-corrected chi connectivity index (χ3v) is 5.59. The van der Waals surface area contributed by atoms with Crippen LogP contribution in [0.25, 0.3) is 0 Å². The van der Waals surface area contributed by atoms with E-state index >= 15 is 0 Å². The van der Waals surface area contributed by atoms with Crippen molar-refractivity contribution in [3.05, 3.63) is 30.1 Å². The normalized spacial score (nSPS) is 15.0. The molecule has 0 atom stereocenters. The molecule has 0 spiro atoms. The Kier molecular flexibility index (Phi) is 11.8. The van der Waals surface area contributed by atoms with E-state index in [1.54, 1.807) is 37.1 Å². The minimum absolute atomic E-state index is 0. The molecule has 1 fully saturated rings. The number of nitrogens with one attached hydrogen (secondary N) is 2. The molecule has 174 valence electrons. The molecule has 1 aromatic rings. The van der Waals surface area contributed by atoms with Crippen LogP contribution in [0.1, 0.15) is 38.3 Å². The van der Waals surface area contributed by atoms with Gasteiger partial charge in [-0.2, -0.15) is 0 Å². The highest BCUT2D eigenvalue weighted by molar-refractivity contribution is 14.0. The number of halogens is 1. The Hall–Kier alpha value is -1.91. The topological polar surface area (TPSA) is 89.9 Å². The molecular weight excluding hydrogens is 507 g/mol. The molecule has 0 aliphatic heterocycles. The molecule has 0 radical (unpaired) electrons. The fourth-order valence-corrected chi connectivity index (χ4v) is 3.81. The van der Waals surface area contributed by atoms with Gasteiger partial charge in [0.05, 0.1) is 5.41 Å². The van der Waals surface area contributed by atoms with Crippen molar-refractivity contribution in [2.24, 2.45) is 10.4 Å². The molecule has 2 amide bonds. The summed E-state index contributed by atoms with van der Waals surface area (Å²) in [6.07, 6.45) is 6.36. The second-order valence-electron chi connectivity index (χ2n) is 8.12. The smallest absolute Gasteiger partial charge is 0.244 e. The molecule has 0 unspecified atom stereocenters. The predicted molar refractivity (Wildman–Crippen MR) is 135 cm³/mol. The van der Waals surface area contributed by atoms with Crippen molar-refractivity contribution < 1.29 is 9.59 Å². The lowest BCUT2D eigenvalue weighted by Gasteiger charge is -2.31. The number of likely N-dealkylation sites (N-methyl/N-ethyl adjacent to an activating group) is 1. The Morgan fingerprint density at radius 1 is 1.16 bits per heavy atom. The van der Waals surface area contributed by atoms with Gasteiger partial charge in [-0.3, -0.25) is 14.6 Å². The van der Waals surface area contributed by atoms with Crippen LogP contribution >= 0.6 is 24.0 Å². The highest BCUT2D eigenvalue weighted by Gasteiger charge is 2.42. The number of rotatable bonds is 9. The molecular formula is C22H37IN6O2. The maximum Gasteiger partial charge on any atom is 0.244 e. The average molecular weight is 544 g/mol. The molecule has 1 heterocycles. The van der Waals surface area contributed by atoms with E-state index in [0.29, 0.717) is 32.0 Å². The largest absolute Gasteiger partial charge is 0.357 e. The van der Waals surface area contributed by atoms with Crippen LogP contribution in [0.2, 0.25) is 0 Å². The fraction of sp³-hybridized carbons (Fsp3) is 0.636. The standard InChI is InChI=1S/C22H36N6O2.HI/c1-5-23-21(26-17-22(12-7-8-13-22)20(30)27(2)3)25-16-19(29)28(4)15-11-18-10-6-9-14-24-18;/h6,9-10,14H,5,7-8,11-13,15-17H2,1-4H3,(H2,23,25,26);1H. The third kappa shape index (κ3) is 8.27. The summed E-state index contributed by atoms with van der Waals surface area (Å²) < 4.78 is 0. The summed E-state index contributed by atoms with van der Waals surface area (Å²) in [6, 6.07) is 5.78. The van der Waals surface area contributed by atoms with Crippen LogP contribution in [0.5, 0.6) is 0 Å². The number of pyridine rings is 1. The monoisotopic (exact) mass is 544 g/mol. The van der Waals surface area contributed by atoms with Gasteiger partial charge in [0.15, 0.2) is 5.96 Å². The van der Waals surface area contributed by atoms with E-state index in [1.807, 2.05) is 25.1 Å². The van der Waals surface area contributed by atoms with Crippen molar-refractivity contribution >= 4 is 41.8 Å². The second-order valence-corrected chi connectivity index (χ2v) is 8.12. The van der Waals surface area contributed by atoms with E-state index in [2.05, 4.69) is 20.6 Å². The van der Waals surface area contributed by atoms with Crippen molar-refractivity contribution in [3.8, 4) is 0 Å². The van der Waals surface area contributed by atoms with Crippen molar-refractivity contribution in [1.29, 1.82) is 0 Å². The first-order valence-electron chi connectivity index (χ1n) is 10.8. The number of nitrogens with zero attached hydrogens (tertiary/aromatic N) is 4. The van der Waals surface area contributed by atoms with Crippen LogP contribution in [-0.2, 0) is 16.0 Å². The number of hydrogen-bond donors (Lipinski definition) is 2. The number of carbonyl (C=O) groups is 2. The van der Waals surface area contributed by atoms with Crippen LogP contribution in [0.4, 0.5) is 0 Å². The highest BCUT2D eigenvalue weighted by atomic mass is 127. The highest BCUT2D eigenvalue weighted by Crippen LogP contribution is 2.38. The van der Waals surface area contributed by atoms with Gasteiger partial charge in [0.25, 0.3) is 0 Å². The molecule has 8 nitrogen and oxygen atoms in total. The number of amides is 2. The lowest BCUT2D eigenvalue weighted by molar-refractivity contribution is -0.138. The van der Waals surface area contributed by atoms with E-state index < -0.39 is 0 Å². The quantitative estimate of drug-likeness (QED) is 0.282. The zero-order valence-electron chi connectivity index (χ0n) is 19.2. The van der Waals surface area contributed by atoms with Gasteiger partial charge in [-0.1, -0.05) is 18.9 Å². The van der Waals surface area contributed by atoms with Gasteiger partial charge in [-0.05, 0) is 31.9 Å². The summed E-state index contributed by atoms with van der Waals surface area (Å²) in [6.45, 7) is 3.84. The zero-order chi connectivity index (χ0) is 22.0. The molecule has 0 aromatic carbocycles. The SMILES string of the molecule is CCNC(=NCC(=O)N(C)CCc1ccccn1)NCC1(C(=O)N(C)C)CCCC1.I. The molecule has 9 heteroatoms. The molecule has 1 aromatic heterocycles.